The number of rotatable bonds is 4. The Bertz CT molecular complexity index is 386. The van der Waals surface area contributed by atoms with Gasteiger partial charge in [-0.15, -0.1) is 0 Å². The minimum Gasteiger partial charge on any atom is -0.391 e. The van der Waals surface area contributed by atoms with Crippen molar-refractivity contribution in [3.8, 4) is 0 Å². The molecule has 0 saturated carbocycles. The van der Waals surface area contributed by atoms with Crippen LogP contribution in [-0.2, 0) is 4.79 Å². The van der Waals surface area contributed by atoms with E-state index in [2.05, 4.69) is 0 Å². The summed E-state index contributed by atoms with van der Waals surface area (Å²) < 4.78 is 0. The van der Waals surface area contributed by atoms with E-state index in [1.807, 2.05) is 0 Å². The number of primary amides is 1. The molecule has 2 unspecified atom stereocenters. The zero-order chi connectivity index (χ0) is 14.1. The van der Waals surface area contributed by atoms with Crippen LogP contribution in [0.25, 0.3) is 0 Å². The molecule has 1 fully saturated rings. The molecule has 1 aliphatic rings. The van der Waals surface area contributed by atoms with E-state index in [0.717, 1.165) is 0 Å². The van der Waals surface area contributed by atoms with E-state index < -0.39 is 42.8 Å². The number of hydrogen-bond acceptors (Lipinski definition) is 7. The fraction of sp³-hybridized carbons (Fsp3) is 0.571. The summed E-state index contributed by atoms with van der Waals surface area (Å²) in [5, 5.41) is 40.1. The summed E-state index contributed by atoms with van der Waals surface area (Å²) in [4.78, 5) is 33.5. The zero-order valence-electron chi connectivity index (χ0n) is 8.90. The fourth-order valence-corrected chi connectivity index (χ4v) is 1.57. The maximum absolute atomic E-state index is 11.4. The summed E-state index contributed by atoms with van der Waals surface area (Å²) in [5.74, 6) is -1.14. The Labute approximate surface area is 99.8 Å². The third-order valence-corrected chi connectivity index (χ3v) is 2.27. The number of amides is 5. The van der Waals surface area contributed by atoms with Gasteiger partial charge in [-0.25, -0.2) is 9.59 Å². The van der Waals surface area contributed by atoms with Gasteiger partial charge in [0.25, 0.3) is 5.91 Å². The number of aliphatic hydroxyl groups excluding tert-OH is 2. The van der Waals surface area contributed by atoms with Gasteiger partial charge >= 0.3 is 12.1 Å². The van der Waals surface area contributed by atoms with E-state index in [-0.39, 0.29) is 4.90 Å². The lowest BCUT2D eigenvalue weighted by atomic mass is 10.0. The summed E-state index contributed by atoms with van der Waals surface area (Å²) >= 11 is 0. The highest BCUT2D eigenvalue weighted by atomic mass is 16.5. The van der Waals surface area contributed by atoms with Gasteiger partial charge in [0.05, 0.1) is 6.61 Å². The van der Waals surface area contributed by atoms with Gasteiger partial charge < -0.3 is 31.5 Å². The minimum atomic E-state index is -2.65. The Morgan fingerprint density at radius 2 is 2.11 bits per heavy atom. The van der Waals surface area contributed by atoms with Crippen LogP contribution in [0.5, 0.6) is 0 Å². The van der Waals surface area contributed by atoms with Gasteiger partial charge in [0, 0.05) is 0 Å². The first-order chi connectivity index (χ1) is 8.23. The second-order valence-corrected chi connectivity index (χ2v) is 3.52. The largest absolute Gasteiger partial charge is 0.391 e. The van der Waals surface area contributed by atoms with Crippen LogP contribution in [0, 0.1) is 0 Å². The van der Waals surface area contributed by atoms with Crippen LogP contribution in [0.1, 0.15) is 0 Å². The number of nitrogens with zero attached hydrogens (tertiary/aromatic N) is 1. The second-order valence-electron chi connectivity index (χ2n) is 3.52. The highest BCUT2D eigenvalue weighted by Crippen LogP contribution is 2.20. The first kappa shape index (κ1) is 14.1. The van der Waals surface area contributed by atoms with Crippen LogP contribution in [0.4, 0.5) is 9.59 Å². The Balaban J connectivity index is 3.12. The van der Waals surface area contributed by atoms with Crippen LogP contribution in [0.15, 0.2) is 0 Å². The molecule has 8 N–H and O–H groups in total. The Morgan fingerprint density at radius 3 is 2.50 bits per heavy atom. The highest BCUT2D eigenvalue weighted by Gasteiger charge is 2.54. The molecular weight excluding hydrogens is 252 g/mol. The standard InChI is InChI=1S/C7H12N4O7/c8-4(14)10-7(18,1-12)2-3(13)9-5(15)11(2)6(16)17/h2,6,12,16-18H,1H2,(H3,8,10,14)(H,9,13,15). The molecule has 5 amide bonds. The molecule has 1 rings (SSSR count). The van der Waals surface area contributed by atoms with Gasteiger partial charge in [-0.3, -0.25) is 15.0 Å². The Hall–Kier alpha value is -1.95. The quantitative estimate of drug-likeness (QED) is 0.197. The number of aliphatic hydroxyl groups is 4. The SMILES string of the molecule is NC(=O)NC(O)(CO)C1C(=O)NC(=O)N1C(O)O. The number of carbonyl (C=O) groups excluding carboxylic acids is 3. The van der Waals surface area contributed by atoms with Crippen LogP contribution in [-0.4, -0.2) is 68.1 Å². The molecule has 1 aliphatic heterocycles. The first-order valence-electron chi connectivity index (χ1n) is 4.63. The summed E-state index contributed by atoms with van der Waals surface area (Å²) in [5.41, 5.74) is 2.10. The molecule has 11 nitrogen and oxygen atoms in total. The molecule has 1 saturated heterocycles. The summed E-state index contributed by atoms with van der Waals surface area (Å²) in [6.45, 7) is -1.19. The molecule has 0 aliphatic carbocycles. The molecule has 11 heteroatoms. The number of urea groups is 2. The van der Waals surface area contributed by atoms with Gasteiger partial charge in [0.15, 0.2) is 11.8 Å². The van der Waals surface area contributed by atoms with Crippen molar-refractivity contribution < 1.29 is 34.8 Å². The molecule has 0 bridgehead atoms. The van der Waals surface area contributed by atoms with Crippen LogP contribution in [0.2, 0.25) is 0 Å². The third kappa shape index (κ3) is 2.33. The van der Waals surface area contributed by atoms with Crippen LogP contribution < -0.4 is 16.4 Å². The topological polar surface area (TPSA) is 185 Å². The van der Waals surface area contributed by atoms with Crippen molar-refractivity contribution in [2.24, 2.45) is 5.73 Å². The van der Waals surface area contributed by atoms with Gasteiger partial charge in [-0.05, 0) is 0 Å². The van der Waals surface area contributed by atoms with Crippen LogP contribution in [0.3, 0.4) is 0 Å². The maximum Gasteiger partial charge on any atom is 0.328 e. The van der Waals surface area contributed by atoms with Crippen molar-refractivity contribution in [3.63, 3.8) is 0 Å². The van der Waals surface area contributed by atoms with Gasteiger partial charge in [-0.1, -0.05) is 0 Å². The number of imide groups is 1. The van der Waals surface area contributed by atoms with Crippen molar-refractivity contribution >= 4 is 18.0 Å². The average Bonchev–Trinajstić information content (AvgIpc) is 2.52. The molecule has 0 aromatic heterocycles. The molecule has 2 atom stereocenters. The predicted molar refractivity (Wildman–Crippen MR) is 52.1 cm³/mol. The monoisotopic (exact) mass is 264 g/mol. The van der Waals surface area contributed by atoms with Crippen molar-refractivity contribution in [1.29, 1.82) is 0 Å². The van der Waals surface area contributed by atoms with Crippen LogP contribution >= 0.6 is 0 Å². The maximum atomic E-state index is 11.4. The number of nitrogens with one attached hydrogen (secondary N) is 2. The predicted octanol–water partition coefficient (Wildman–Crippen LogP) is -4.48. The van der Waals surface area contributed by atoms with E-state index in [0.29, 0.717) is 0 Å². The third-order valence-electron chi connectivity index (χ3n) is 2.27. The van der Waals surface area contributed by atoms with Crippen molar-refractivity contribution in [3.05, 3.63) is 0 Å². The Morgan fingerprint density at radius 1 is 1.56 bits per heavy atom. The highest BCUT2D eigenvalue weighted by molar-refractivity contribution is 6.05. The average molecular weight is 264 g/mol. The van der Waals surface area contributed by atoms with Crippen molar-refractivity contribution in [2.45, 2.75) is 18.2 Å². The van der Waals surface area contributed by atoms with Gasteiger partial charge in [0.2, 0.25) is 6.41 Å². The van der Waals surface area contributed by atoms with Gasteiger partial charge in [0.1, 0.15) is 0 Å². The summed E-state index contributed by atoms with van der Waals surface area (Å²) in [6, 6.07) is -4.44. The molecule has 0 spiro atoms. The normalized spacial score (nSPS) is 22.9. The smallest absolute Gasteiger partial charge is 0.328 e. The summed E-state index contributed by atoms with van der Waals surface area (Å²) in [7, 11) is 0. The Kier molecular flexibility index (Phi) is 3.71. The summed E-state index contributed by atoms with van der Waals surface area (Å²) in [6.07, 6.45) is -2.42. The van der Waals surface area contributed by atoms with Gasteiger partial charge in [-0.2, -0.15) is 0 Å². The number of hydrogen-bond donors (Lipinski definition) is 7. The first-order valence-corrected chi connectivity index (χ1v) is 4.63. The van der Waals surface area contributed by atoms with Crippen molar-refractivity contribution in [1.82, 2.24) is 15.5 Å². The van der Waals surface area contributed by atoms with E-state index in [1.165, 1.54) is 0 Å². The van der Waals surface area contributed by atoms with Crippen molar-refractivity contribution in [2.75, 3.05) is 6.61 Å². The van der Waals surface area contributed by atoms with E-state index in [9.17, 15) is 19.5 Å². The van der Waals surface area contributed by atoms with E-state index >= 15 is 0 Å². The molecule has 0 aromatic carbocycles. The number of nitrogens with two attached hydrogens (primary N) is 1. The minimum absolute atomic E-state index is 0.133. The molecule has 1 heterocycles. The molecule has 0 radical (unpaired) electrons. The fourth-order valence-electron chi connectivity index (χ4n) is 1.57. The lowest BCUT2D eigenvalue weighted by Crippen LogP contribution is -2.67. The lowest BCUT2D eigenvalue weighted by molar-refractivity contribution is -0.181. The molecule has 0 aromatic rings. The number of carbonyl (C=O) groups is 3. The lowest BCUT2D eigenvalue weighted by Gasteiger charge is -2.35. The molecule has 18 heavy (non-hydrogen) atoms. The van der Waals surface area contributed by atoms with E-state index in [1.54, 1.807) is 10.6 Å². The second kappa shape index (κ2) is 4.73. The molecule has 102 valence electrons. The molecular formula is C7H12N4O7. The van der Waals surface area contributed by atoms with E-state index in [4.69, 9.17) is 21.1 Å². The zero-order valence-corrected chi connectivity index (χ0v) is 8.90.